The summed E-state index contributed by atoms with van der Waals surface area (Å²) >= 11 is 6.99. The van der Waals surface area contributed by atoms with E-state index in [0.29, 0.717) is 5.41 Å². The number of rotatable bonds is 2. The van der Waals surface area contributed by atoms with Gasteiger partial charge >= 0.3 is 0 Å². The van der Waals surface area contributed by atoms with Crippen molar-refractivity contribution in [2.24, 2.45) is 5.41 Å². The van der Waals surface area contributed by atoms with Gasteiger partial charge in [0, 0.05) is 29.1 Å². The average Bonchev–Trinajstić information content (AvgIpc) is 2.63. The van der Waals surface area contributed by atoms with Gasteiger partial charge < -0.3 is 4.90 Å². The Hall–Kier alpha value is -0.0900. The molecule has 15 heavy (non-hydrogen) atoms. The molecular weight excluding hydrogens is 320 g/mol. The maximum Gasteiger partial charge on any atom is 0.128 e. The van der Waals surface area contributed by atoms with Crippen molar-refractivity contribution in [1.29, 1.82) is 0 Å². The quantitative estimate of drug-likeness (QED) is 0.770. The van der Waals surface area contributed by atoms with Gasteiger partial charge in [-0.2, -0.15) is 0 Å². The van der Waals surface area contributed by atoms with Gasteiger partial charge in [0.1, 0.15) is 5.82 Å². The van der Waals surface area contributed by atoms with E-state index in [1.165, 1.54) is 6.42 Å². The fourth-order valence-electron chi connectivity index (χ4n) is 1.88. The zero-order chi connectivity index (χ0) is 10.9. The highest BCUT2D eigenvalue weighted by Crippen LogP contribution is 2.33. The van der Waals surface area contributed by atoms with E-state index in [1.54, 1.807) is 0 Å². The molecule has 0 aliphatic carbocycles. The Morgan fingerprint density at radius 3 is 2.87 bits per heavy atom. The predicted octanol–water partition coefficient (Wildman–Crippen LogP) is 3.46. The minimum Gasteiger partial charge on any atom is -0.356 e. The highest BCUT2D eigenvalue weighted by atomic mass is 79.9. The Balaban J connectivity index is 2.11. The molecule has 1 saturated heterocycles. The summed E-state index contributed by atoms with van der Waals surface area (Å²) in [6, 6.07) is 4.12. The van der Waals surface area contributed by atoms with E-state index < -0.39 is 0 Å². The number of aromatic nitrogens is 1. The van der Waals surface area contributed by atoms with Gasteiger partial charge in [0.05, 0.1) is 0 Å². The van der Waals surface area contributed by atoms with Gasteiger partial charge in [0.25, 0.3) is 0 Å². The summed E-state index contributed by atoms with van der Waals surface area (Å²) in [6.45, 7) is 4.52. The van der Waals surface area contributed by atoms with E-state index in [2.05, 4.69) is 54.7 Å². The van der Waals surface area contributed by atoms with E-state index in [-0.39, 0.29) is 0 Å². The highest BCUT2D eigenvalue weighted by molar-refractivity contribution is 9.10. The molecule has 0 N–H and O–H groups in total. The van der Waals surface area contributed by atoms with Crippen LogP contribution in [0.5, 0.6) is 0 Å². The molecule has 1 aromatic rings. The summed E-state index contributed by atoms with van der Waals surface area (Å²) in [6.07, 6.45) is 3.09. The molecule has 2 heterocycles. The second kappa shape index (κ2) is 4.42. The molecule has 0 saturated carbocycles. The molecular formula is C11H14Br2N2. The Morgan fingerprint density at radius 2 is 2.33 bits per heavy atom. The zero-order valence-electron chi connectivity index (χ0n) is 8.71. The van der Waals surface area contributed by atoms with Crippen LogP contribution in [0, 0.1) is 5.41 Å². The average molecular weight is 334 g/mol. The lowest BCUT2D eigenvalue weighted by Crippen LogP contribution is -2.26. The van der Waals surface area contributed by atoms with E-state index in [9.17, 15) is 0 Å². The number of hydrogen-bond donors (Lipinski definition) is 0. The molecule has 0 bridgehead atoms. The third-order valence-corrected chi connectivity index (χ3v) is 4.74. The third-order valence-electron chi connectivity index (χ3n) is 2.92. The van der Waals surface area contributed by atoms with Crippen LogP contribution in [0.15, 0.2) is 22.8 Å². The van der Waals surface area contributed by atoms with Crippen LogP contribution in [-0.2, 0) is 0 Å². The van der Waals surface area contributed by atoms with Gasteiger partial charge in [-0.15, -0.1) is 0 Å². The van der Waals surface area contributed by atoms with Crippen LogP contribution >= 0.6 is 31.9 Å². The van der Waals surface area contributed by atoms with Gasteiger partial charge in [0.15, 0.2) is 0 Å². The molecule has 1 unspecified atom stereocenters. The summed E-state index contributed by atoms with van der Waals surface area (Å²) in [5, 5.41) is 1.06. The van der Waals surface area contributed by atoms with Gasteiger partial charge in [-0.1, -0.05) is 22.9 Å². The molecule has 2 nitrogen and oxygen atoms in total. The van der Waals surface area contributed by atoms with Crippen LogP contribution in [0.4, 0.5) is 5.82 Å². The van der Waals surface area contributed by atoms with E-state index in [1.807, 2.05) is 12.3 Å². The van der Waals surface area contributed by atoms with Crippen molar-refractivity contribution in [3.63, 3.8) is 0 Å². The van der Waals surface area contributed by atoms with Crippen LogP contribution in [0.25, 0.3) is 0 Å². The first-order valence-corrected chi connectivity index (χ1v) is 6.97. The fourth-order valence-corrected chi connectivity index (χ4v) is 2.58. The first kappa shape index (κ1) is 11.4. The summed E-state index contributed by atoms with van der Waals surface area (Å²) in [4.78, 5) is 6.78. The van der Waals surface area contributed by atoms with Crippen molar-refractivity contribution < 1.29 is 0 Å². The second-order valence-corrected chi connectivity index (χ2v) is 5.93. The Labute approximate surface area is 107 Å². The van der Waals surface area contributed by atoms with Gasteiger partial charge in [-0.25, -0.2) is 4.98 Å². The molecule has 0 amide bonds. The molecule has 1 fully saturated rings. The summed E-state index contributed by atoms with van der Waals surface area (Å²) in [7, 11) is 0. The number of alkyl halides is 1. The van der Waals surface area contributed by atoms with Crippen LogP contribution in [-0.4, -0.2) is 23.4 Å². The van der Waals surface area contributed by atoms with Crippen LogP contribution in [0.3, 0.4) is 0 Å². The van der Waals surface area contributed by atoms with E-state index in [0.717, 1.165) is 28.7 Å². The molecule has 2 rings (SSSR count). The number of hydrogen-bond acceptors (Lipinski definition) is 2. The molecule has 0 radical (unpaired) electrons. The summed E-state index contributed by atoms with van der Waals surface area (Å²) in [5.41, 5.74) is 0.398. The molecule has 1 atom stereocenters. The summed E-state index contributed by atoms with van der Waals surface area (Å²) in [5.74, 6) is 1.09. The third kappa shape index (κ3) is 2.53. The van der Waals surface area contributed by atoms with Crippen molar-refractivity contribution in [3.8, 4) is 0 Å². The summed E-state index contributed by atoms with van der Waals surface area (Å²) < 4.78 is 1.04. The number of nitrogens with zero attached hydrogens (tertiary/aromatic N) is 2. The number of anilines is 1. The lowest BCUT2D eigenvalue weighted by Gasteiger charge is -2.22. The molecule has 1 aliphatic rings. The molecule has 0 spiro atoms. The normalized spacial score (nSPS) is 25.9. The lowest BCUT2D eigenvalue weighted by molar-refractivity contribution is 0.432. The molecule has 1 aromatic heterocycles. The predicted molar refractivity (Wildman–Crippen MR) is 70.7 cm³/mol. The van der Waals surface area contributed by atoms with Crippen molar-refractivity contribution in [1.82, 2.24) is 4.98 Å². The van der Waals surface area contributed by atoms with Crippen molar-refractivity contribution in [2.45, 2.75) is 13.3 Å². The molecule has 1 aliphatic heterocycles. The standard InChI is InChI=1S/C11H14Br2N2/c1-11(7-12)4-5-15(8-11)10-3-2-9(13)6-14-10/h2-3,6H,4-5,7-8H2,1H3. The smallest absolute Gasteiger partial charge is 0.128 e. The SMILES string of the molecule is CC1(CBr)CCN(c2ccc(Br)cn2)C1. The van der Waals surface area contributed by atoms with Gasteiger partial charge in [-0.3, -0.25) is 0 Å². The van der Waals surface area contributed by atoms with Crippen molar-refractivity contribution >= 4 is 37.7 Å². The molecule has 82 valence electrons. The van der Waals surface area contributed by atoms with E-state index in [4.69, 9.17) is 0 Å². The number of halogens is 2. The topological polar surface area (TPSA) is 16.1 Å². The van der Waals surface area contributed by atoms with Crippen molar-refractivity contribution in [2.75, 3.05) is 23.3 Å². The van der Waals surface area contributed by atoms with Gasteiger partial charge in [-0.05, 0) is 39.9 Å². The Kier molecular flexibility index (Phi) is 3.36. The molecule has 4 heteroatoms. The highest BCUT2D eigenvalue weighted by Gasteiger charge is 2.33. The van der Waals surface area contributed by atoms with Crippen molar-refractivity contribution in [3.05, 3.63) is 22.8 Å². The Morgan fingerprint density at radius 1 is 1.53 bits per heavy atom. The Bertz CT molecular complexity index is 339. The second-order valence-electron chi connectivity index (χ2n) is 4.45. The maximum atomic E-state index is 4.42. The molecule has 0 aromatic carbocycles. The maximum absolute atomic E-state index is 4.42. The minimum absolute atomic E-state index is 0.398. The van der Waals surface area contributed by atoms with Crippen LogP contribution < -0.4 is 4.90 Å². The first-order chi connectivity index (χ1) is 7.13. The van der Waals surface area contributed by atoms with Gasteiger partial charge in [0.2, 0.25) is 0 Å². The largest absolute Gasteiger partial charge is 0.356 e. The van der Waals surface area contributed by atoms with E-state index >= 15 is 0 Å². The zero-order valence-corrected chi connectivity index (χ0v) is 11.9. The monoisotopic (exact) mass is 332 g/mol. The van der Waals surface area contributed by atoms with Crippen LogP contribution in [0.2, 0.25) is 0 Å². The fraction of sp³-hybridized carbons (Fsp3) is 0.545. The lowest BCUT2D eigenvalue weighted by atomic mass is 9.93. The van der Waals surface area contributed by atoms with Crippen LogP contribution in [0.1, 0.15) is 13.3 Å². The first-order valence-electron chi connectivity index (χ1n) is 5.05. The number of pyridine rings is 1. The minimum atomic E-state index is 0.398.